The first-order valence-electron chi connectivity index (χ1n) is 6.23. The van der Waals surface area contributed by atoms with Crippen LogP contribution in [-0.4, -0.2) is 23.7 Å². The van der Waals surface area contributed by atoms with Crippen LogP contribution in [0.15, 0.2) is 48.2 Å². The number of allylic oxidation sites excluding steroid dienone is 4. The van der Waals surface area contributed by atoms with Crippen molar-refractivity contribution >= 4 is 0 Å². The summed E-state index contributed by atoms with van der Waals surface area (Å²) in [5.74, 6) is 7.39. The van der Waals surface area contributed by atoms with Gasteiger partial charge in [-0.25, -0.2) is 5.84 Å². The molecule has 0 spiro atoms. The van der Waals surface area contributed by atoms with Crippen LogP contribution in [-0.2, 0) is 4.74 Å². The Bertz CT molecular complexity index is 383. The van der Waals surface area contributed by atoms with E-state index in [4.69, 9.17) is 10.6 Å². The maximum Gasteiger partial charge on any atom is 0.176 e. The minimum atomic E-state index is 0.302. The molecule has 100 valence electrons. The molecule has 0 aromatic carbocycles. The van der Waals surface area contributed by atoms with Crippen LogP contribution in [0.4, 0.5) is 0 Å². The summed E-state index contributed by atoms with van der Waals surface area (Å²) < 4.78 is 5.71. The van der Waals surface area contributed by atoms with E-state index >= 15 is 0 Å². The molecule has 4 heteroatoms. The van der Waals surface area contributed by atoms with E-state index in [9.17, 15) is 0 Å². The Balaban J connectivity index is 3.10. The van der Waals surface area contributed by atoms with E-state index in [1.165, 1.54) is 5.01 Å². The molecule has 0 unspecified atom stereocenters. The molecule has 1 aliphatic heterocycles. The Hall–Kier alpha value is -1.68. The average Bonchev–Trinajstić information content (AvgIpc) is 2.47. The zero-order valence-electron chi connectivity index (χ0n) is 11.5. The molecule has 18 heavy (non-hydrogen) atoms. The molecule has 4 nitrogen and oxygen atoms in total. The van der Waals surface area contributed by atoms with Gasteiger partial charge in [0.2, 0.25) is 0 Å². The van der Waals surface area contributed by atoms with Gasteiger partial charge in [0.1, 0.15) is 11.6 Å². The summed E-state index contributed by atoms with van der Waals surface area (Å²) >= 11 is 0. The fourth-order valence-corrected chi connectivity index (χ4v) is 1.62. The van der Waals surface area contributed by atoms with Crippen LogP contribution in [0.3, 0.4) is 0 Å². The quantitative estimate of drug-likeness (QED) is 0.781. The van der Waals surface area contributed by atoms with Gasteiger partial charge in [-0.05, 0) is 19.4 Å². The molecule has 0 aromatic heterocycles. The smallest absolute Gasteiger partial charge is 0.176 e. The van der Waals surface area contributed by atoms with E-state index in [0.717, 1.165) is 30.1 Å². The Labute approximate surface area is 110 Å². The summed E-state index contributed by atoms with van der Waals surface area (Å²) in [4.78, 5) is 1.96. The number of nitrogens with zero attached hydrogens (tertiary/aromatic N) is 2. The van der Waals surface area contributed by atoms with Crippen molar-refractivity contribution in [2.75, 3.05) is 13.8 Å². The monoisotopic (exact) mass is 249 g/mol. The molecule has 1 saturated heterocycles. The summed E-state index contributed by atoms with van der Waals surface area (Å²) in [7, 11) is 1.95. The molecule has 0 aromatic rings. The number of likely N-dealkylation sites (N-methyl/N-ethyl adjacent to an activating group) is 1. The largest absolute Gasteiger partial charge is 0.470 e. The van der Waals surface area contributed by atoms with Crippen molar-refractivity contribution in [2.24, 2.45) is 5.84 Å². The number of ether oxygens (including phenoxy) is 1. The van der Waals surface area contributed by atoms with Gasteiger partial charge in [-0.15, -0.1) is 0 Å². The van der Waals surface area contributed by atoms with Gasteiger partial charge >= 0.3 is 0 Å². The summed E-state index contributed by atoms with van der Waals surface area (Å²) in [6.45, 7) is 8.39. The van der Waals surface area contributed by atoms with Crippen molar-refractivity contribution < 1.29 is 4.74 Å². The van der Waals surface area contributed by atoms with Crippen molar-refractivity contribution in [2.45, 2.75) is 26.7 Å². The minimum Gasteiger partial charge on any atom is -0.470 e. The number of hydrazine groups is 1. The maximum absolute atomic E-state index is 5.85. The summed E-state index contributed by atoms with van der Waals surface area (Å²) in [5, 5.41) is 1.50. The predicted molar refractivity (Wildman–Crippen MR) is 74.8 cm³/mol. The van der Waals surface area contributed by atoms with E-state index < -0.39 is 0 Å². The van der Waals surface area contributed by atoms with Crippen LogP contribution >= 0.6 is 0 Å². The highest BCUT2D eigenvalue weighted by molar-refractivity contribution is 5.31. The van der Waals surface area contributed by atoms with Crippen LogP contribution in [0.2, 0.25) is 0 Å². The standard InChI is InChI=1S/C14H23N3O/c1-5-7-9-13-14(10-8-6-2)18-11-17(15)12(3)16(13)4/h6,8-10H,3,5,7,11,15H2,1-2,4H3/b8-6-,13-9-,14-10+. The van der Waals surface area contributed by atoms with Crippen LogP contribution in [0.5, 0.6) is 0 Å². The number of hydrogen-bond donors (Lipinski definition) is 1. The SMILES string of the molecule is C=C1N(N)COC(=C/C=C\C)/C(=C/CCC)N1C. The molecule has 1 fully saturated rings. The molecule has 0 saturated carbocycles. The first-order valence-corrected chi connectivity index (χ1v) is 6.23. The second-order valence-corrected chi connectivity index (χ2v) is 4.15. The number of rotatable bonds is 3. The maximum atomic E-state index is 5.85. The molecule has 0 aliphatic carbocycles. The van der Waals surface area contributed by atoms with Gasteiger partial charge in [-0.1, -0.05) is 38.2 Å². The third-order valence-corrected chi connectivity index (χ3v) is 2.76. The fraction of sp³-hybridized carbons (Fsp3) is 0.429. The molecule has 1 heterocycles. The van der Waals surface area contributed by atoms with Crippen molar-refractivity contribution in [1.29, 1.82) is 0 Å². The van der Waals surface area contributed by atoms with Crippen LogP contribution < -0.4 is 5.84 Å². The zero-order chi connectivity index (χ0) is 13.5. The molecular weight excluding hydrogens is 226 g/mol. The first-order chi connectivity index (χ1) is 8.61. The van der Waals surface area contributed by atoms with E-state index in [0.29, 0.717) is 6.73 Å². The summed E-state index contributed by atoms with van der Waals surface area (Å²) in [6.07, 6.45) is 10.1. The van der Waals surface area contributed by atoms with Gasteiger partial charge < -0.3 is 9.64 Å². The number of unbranched alkanes of at least 4 members (excludes halogenated alkanes) is 1. The van der Waals surface area contributed by atoms with Gasteiger partial charge in [0, 0.05) is 7.05 Å². The molecule has 0 amide bonds. The van der Waals surface area contributed by atoms with E-state index in [-0.39, 0.29) is 0 Å². The third kappa shape index (κ3) is 3.40. The number of hydrogen-bond acceptors (Lipinski definition) is 4. The second-order valence-electron chi connectivity index (χ2n) is 4.15. The van der Waals surface area contributed by atoms with Crippen molar-refractivity contribution in [1.82, 2.24) is 9.91 Å². The highest BCUT2D eigenvalue weighted by Crippen LogP contribution is 2.24. The molecule has 0 bridgehead atoms. The summed E-state index contributed by atoms with van der Waals surface area (Å²) in [5.41, 5.74) is 1.01. The highest BCUT2D eigenvalue weighted by atomic mass is 16.5. The van der Waals surface area contributed by atoms with Gasteiger partial charge in [-0.3, -0.25) is 5.01 Å². The lowest BCUT2D eigenvalue weighted by Gasteiger charge is -2.25. The minimum absolute atomic E-state index is 0.302. The lowest BCUT2D eigenvalue weighted by atomic mass is 10.2. The summed E-state index contributed by atoms with van der Waals surface area (Å²) in [6, 6.07) is 0. The van der Waals surface area contributed by atoms with Gasteiger partial charge in [0.25, 0.3) is 0 Å². The second kappa shape index (κ2) is 6.91. The predicted octanol–water partition coefficient (Wildman–Crippen LogP) is 2.70. The lowest BCUT2D eigenvalue weighted by molar-refractivity contribution is 0.107. The van der Waals surface area contributed by atoms with Gasteiger partial charge in [0.05, 0.1) is 5.70 Å². The third-order valence-electron chi connectivity index (χ3n) is 2.76. The van der Waals surface area contributed by atoms with E-state index in [1.54, 1.807) is 0 Å². The average molecular weight is 249 g/mol. The topological polar surface area (TPSA) is 41.7 Å². The molecule has 1 rings (SSSR count). The van der Waals surface area contributed by atoms with Gasteiger partial charge in [-0.2, -0.15) is 0 Å². The molecular formula is C14H23N3O. The first kappa shape index (κ1) is 14.4. The van der Waals surface area contributed by atoms with Crippen LogP contribution in [0.25, 0.3) is 0 Å². The highest BCUT2D eigenvalue weighted by Gasteiger charge is 2.21. The van der Waals surface area contributed by atoms with Gasteiger partial charge in [0.15, 0.2) is 6.73 Å². The molecule has 0 atom stereocenters. The normalized spacial score (nSPS) is 21.9. The number of nitrogens with two attached hydrogens (primary N) is 1. The van der Waals surface area contributed by atoms with Crippen molar-refractivity contribution in [3.8, 4) is 0 Å². The van der Waals surface area contributed by atoms with Crippen molar-refractivity contribution in [3.63, 3.8) is 0 Å². The van der Waals surface area contributed by atoms with Crippen LogP contribution in [0, 0.1) is 0 Å². The Morgan fingerprint density at radius 3 is 2.83 bits per heavy atom. The zero-order valence-corrected chi connectivity index (χ0v) is 11.5. The Morgan fingerprint density at radius 1 is 1.50 bits per heavy atom. The van der Waals surface area contributed by atoms with Crippen molar-refractivity contribution in [3.05, 3.63) is 48.2 Å². The van der Waals surface area contributed by atoms with E-state index in [2.05, 4.69) is 19.6 Å². The van der Waals surface area contributed by atoms with E-state index in [1.807, 2.05) is 37.1 Å². The van der Waals surface area contributed by atoms with Crippen LogP contribution in [0.1, 0.15) is 26.7 Å². The molecule has 1 aliphatic rings. The molecule has 2 N–H and O–H groups in total. The Morgan fingerprint density at radius 2 is 2.22 bits per heavy atom. The molecule has 0 radical (unpaired) electrons. The fourth-order valence-electron chi connectivity index (χ4n) is 1.62. The lowest BCUT2D eigenvalue weighted by Crippen LogP contribution is -2.35. The Kier molecular flexibility index (Phi) is 5.52.